The lowest BCUT2D eigenvalue weighted by molar-refractivity contribution is 0.230. The van der Waals surface area contributed by atoms with Crippen LogP contribution in [-0.2, 0) is 12.0 Å². The Balaban J connectivity index is 2.27. The maximum atomic E-state index is 6.02. The first kappa shape index (κ1) is 11.6. The average molecular weight is 222 g/mol. The highest BCUT2D eigenvalue weighted by Crippen LogP contribution is 2.39. The molecule has 1 fully saturated rings. The summed E-state index contributed by atoms with van der Waals surface area (Å²) < 4.78 is 2.14. The monoisotopic (exact) mass is 222 g/mol. The molecule has 1 aromatic rings. The number of aryl methyl sites for hydroxylation is 1. The number of nitrogens with zero attached hydrogens (tertiary/aromatic N) is 3. The van der Waals surface area contributed by atoms with Gasteiger partial charge < -0.3 is 10.3 Å². The summed E-state index contributed by atoms with van der Waals surface area (Å²) in [6.07, 6.45) is 6.65. The largest absolute Gasteiger partial charge is 0.329 e. The summed E-state index contributed by atoms with van der Waals surface area (Å²) >= 11 is 0. The van der Waals surface area contributed by atoms with Crippen LogP contribution in [0.2, 0.25) is 0 Å². The molecular weight excluding hydrogens is 200 g/mol. The minimum absolute atomic E-state index is 0.0824. The zero-order valence-corrected chi connectivity index (χ0v) is 10.3. The molecule has 0 saturated heterocycles. The summed E-state index contributed by atoms with van der Waals surface area (Å²) in [5, 5.41) is 8.35. The molecule has 1 heterocycles. The SMILES string of the molecule is CCn1cnnc1C1(CN)CCC(C)CC1. The molecule has 1 aliphatic carbocycles. The van der Waals surface area contributed by atoms with Gasteiger partial charge in [0.15, 0.2) is 0 Å². The number of hydrogen-bond acceptors (Lipinski definition) is 3. The number of rotatable bonds is 3. The molecule has 16 heavy (non-hydrogen) atoms. The Labute approximate surface area is 97.2 Å². The first-order valence-corrected chi connectivity index (χ1v) is 6.30. The van der Waals surface area contributed by atoms with E-state index in [9.17, 15) is 0 Å². The Kier molecular flexibility index (Phi) is 3.28. The van der Waals surface area contributed by atoms with Crippen LogP contribution in [0.4, 0.5) is 0 Å². The normalized spacial score (nSPS) is 30.6. The Morgan fingerprint density at radius 2 is 2.19 bits per heavy atom. The topological polar surface area (TPSA) is 56.7 Å². The highest BCUT2D eigenvalue weighted by atomic mass is 15.3. The van der Waals surface area contributed by atoms with Crippen LogP contribution in [0.3, 0.4) is 0 Å². The molecule has 0 unspecified atom stereocenters. The maximum Gasteiger partial charge on any atom is 0.140 e. The zero-order valence-electron chi connectivity index (χ0n) is 10.3. The minimum atomic E-state index is 0.0824. The third-order valence-corrected chi connectivity index (χ3v) is 4.05. The van der Waals surface area contributed by atoms with Crippen molar-refractivity contribution in [1.82, 2.24) is 14.8 Å². The molecule has 0 aliphatic heterocycles. The molecule has 4 heteroatoms. The fraction of sp³-hybridized carbons (Fsp3) is 0.833. The van der Waals surface area contributed by atoms with E-state index in [1.807, 2.05) is 6.33 Å². The summed E-state index contributed by atoms with van der Waals surface area (Å²) in [4.78, 5) is 0. The highest BCUT2D eigenvalue weighted by molar-refractivity contribution is 5.11. The summed E-state index contributed by atoms with van der Waals surface area (Å²) in [6, 6.07) is 0. The van der Waals surface area contributed by atoms with E-state index >= 15 is 0 Å². The van der Waals surface area contributed by atoms with E-state index in [-0.39, 0.29) is 5.41 Å². The number of aromatic nitrogens is 3. The first-order valence-electron chi connectivity index (χ1n) is 6.30. The zero-order chi connectivity index (χ0) is 11.6. The van der Waals surface area contributed by atoms with Crippen LogP contribution >= 0.6 is 0 Å². The van der Waals surface area contributed by atoms with Gasteiger partial charge in [-0.1, -0.05) is 6.92 Å². The number of hydrogen-bond donors (Lipinski definition) is 1. The Bertz CT molecular complexity index is 337. The van der Waals surface area contributed by atoms with Crippen molar-refractivity contribution in [2.45, 2.75) is 51.5 Å². The van der Waals surface area contributed by atoms with Gasteiger partial charge in [-0.15, -0.1) is 10.2 Å². The fourth-order valence-corrected chi connectivity index (χ4v) is 2.73. The number of nitrogens with two attached hydrogens (primary N) is 1. The summed E-state index contributed by atoms with van der Waals surface area (Å²) in [7, 11) is 0. The van der Waals surface area contributed by atoms with Crippen LogP contribution in [0.1, 0.15) is 45.4 Å². The smallest absolute Gasteiger partial charge is 0.140 e. The van der Waals surface area contributed by atoms with E-state index in [1.165, 1.54) is 12.8 Å². The summed E-state index contributed by atoms with van der Waals surface area (Å²) in [6.45, 7) is 6.07. The molecule has 1 saturated carbocycles. The van der Waals surface area contributed by atoms with Crippen molar-refractivity contribution in [3.63, 3.8) is 0 Å². The fourth-order valence-electron chi connectivity index (χ4n) is 2.73. The molecule has 1 aliphatic rings. The molecule has 0 bridgehead atoms. The van der Waals surface area contributed by atoms with E-state index in [4.69, 9.17) is 5.73 Å². The van der Waals surface area contributed by atoms with Crippen molar-refractivity contribution in [1.29, 1.82) is 0 Å². The molecule has 1 aromatic heterocycles. The Hall–Kier alpha value is -0.900. The molecule has 4 nitrogen and oxygen atoms in total. The van der Waals surface area contributed by atoms with Gasteiger partial charge in [0.25, 0.3) is 0 Å². The second kappa shape index (κ2) is 4.53. The van der Waals surface area contributed by atoms with Gasteiger partial charge in [0.2, 0.25) is 0 Å². The van der Waals surface area contributed by atoms with Crippen LogP contribution in [0, 0.1) is 5.92 Å². The van der Waals surface area contributed by atoms with E-state index in [0.29, 0.717) is 6.54 Å². The molecule has 2 rings (SSSR count). The predicted molar refractivity (Wildman–Crippen MR) is 64.1 cm³/mol. The van der Waals surface area contributed by atoms with Gasteiger partial charge in [0, 0.05) is 18.5 Å². The van der Waals surface area contributed by atoms with E-state index in [1.54, 1.807) is 0 Å². The lowest BCUT2D eigenvalue weighted by Gasteiger charge is -2.37. The lowest BCUT2D eigenvalue weighted by atomic mass is 9.70. The van der Waals surface area contributed by atoms with Crippen molar-refractivity contribution in [3.8, 4) is 0 Å². The Morgan fingerprint density at radius 1 is 1.50 bits per heavy atom. The van der Waals surface area contributed by atoms with Gasteiger partial charge in [-0.2, -0.15) is 0 Å². The summed E-state index contributed by atoms with van der Waals surface area (Å²) in [5.41, 5.74) is 6.10. The van der Waals surface area contributed by atoms with Gasteiger partial charge in [-0.25, -0.2) is 0 Å². The van der Waals surface area contributed by atoms with Crippen LogP contribution in [-0.4, -0.2) is 21.3 Å². The van der Waals surface area contributed by atoms with Crippen LogP contribution in [0.15, 0.2) is 6.33 Å². The van der Waals surface area contributed by atoms with Crippen molar-refractivity contribution in [2.24, 2.45) is 11.7 Å². The van der Waals surface area contributed by atoms with Crippen molar-refractivity contribution < 1.29 is 0 Å². The molecule has 0 radical (unpaired) electrons. The van der Waals surface area contributed by atoms with Crippen molar-refractivity contribution >= 4 is 0 Å². The van der Waals surface area contributed by atoms with Crippen LogP contribution in [0.5, 0.6) is 0 Å². The molecular formula is C12H22N4. The molecule has 2 N–H and O–H groups in total. The van der Waals surface area contributed by atoms with Gasteiger partial charge in [-0.3, -0.25) is 0 Å². The van der Waals surface area contributed by atoms with Crippen molar-refractivity contribution in [3.05, 3.63) is 12.2 Å². The quantitative estimate of drug-likeness (QED) is 0.847. The van der Waals surface area contributed by atoms with E-state index in [0.717, 1.165) is 31.1 Å². The Morgan fingerprint density at radius 3 is 2.75 bits per heavy atom. The molecule has 0 amide bonds. The van der Waals surface area contributed by atoms with Gasteiger partial charge in [-0.05, 0) is 38.5 Å². The first-order chi connectivity index (χ1) is 7.72. The van der Waals surface area contributed by atoms with Gasteiger partial charge in [0.1, 0.15) is 12.2 Å². The molecule has 0 atom stereocenters. The second-order valence-electron chi connectivity index (χ2n) is 5.11. The van der Waals surface area contributed by atoms with E-state index in [2.05, 4.69) is 28.6 Å². The van der Waals surface area contributed by atoms with Gasteiger partial charge >= 0.3 is 0 Å². The molecule has 90 valence electrons. The third-order valence-electron chi connectivity index (χ3n) is 4.05. The predicted octanol–water partition coefficient (Wildman–Crippen LogP) is 1.70. The van der Waals surface area contributed by atoms with Gasteiger partial charge in [0.05, 0.1) is 0 Å². The van der Waals surface area contributed by atoms with E-state index < -0.39 is 0 Å². The second-order valence-corrected chi connectivity index (χ2v) is 5.11. The average Bonchev–Trinajstić information content (AvgIpc) is 2.79. The standard InChI is InChI=1S/C12H22N4/c1-3-16-9-14-15-11(16)12(8-13)6-4-10(2)5-7-12/h9-10H,3-8,13H2,1-2H3. The summed E-state index contributed by atoms with van der Waals surface area (Å²) in [5.74, 6) is 1.93. The maximum absolute atomic E-state index is 6.02. The van der Waals surface area contributed by atoms with Crippen LogP contribution in [0.25, 0.3) is 0 Å². The lowest BCUT2D eigenvalue weighted by Crippen LogP contribution is -2.41. The minimum Gasteiger partial charge on any atom is -0.329 e. The molecule has 0 spiro atoms. The molecule has 0 aromatic carbocycles. The van der Waals surface area contributed by atoms with Crippen molar-refractivity contribution in [2.75, 3.05) is 6.54 Å². The highest BCUT2D eigenvalue weighted by Gasteiger charge is 2.38. The van der Waals surface area contributed by atoms with Crippen LogP contribution < -0.4 is 5.73 Å². The third kappa shape index (κ3) is 1.86.